The minimum Gasteiger partial charge on any atom is -0.377 e. The molecule has 2 unspecified atom stereocenters. The number of rotatable bonds is 9. The van der Waals surface area contributed by atoms with Gasteiger partial charge < -0.3 is 10.1 Å². The molecule has 0 aliphatic rings. The van der Waals surface area contributed by atoms with Gasteiger partial charge in [-0.2, -0.15) is 0 Å². The molecule has 0 saturated carbocycles. The highest BCUT2D eigenvalue weighted by Gasteiger charge is 2.22. The van der Waals surface area contributed by atoms with Crippen molar-refractivity contribution < 1.29 is 4.74 Å². The van der Waals surface area contributed by atoms with Crippen LogP contribution in [0.5, 0.6) is 0 Å². The van der Waals surface area contributed by atoms with Crippen LogP contribution >= 0.6 is 11.6 Å². The van der Waals surface area contributed by atoms with Gasteiger partial charge in [0.15, 0.2) is 0 Å². The Balaban J connectivity index is 2.98. The number of benzene rings is 1. The predicted octanol–water partition coefficient (Wildman–Crippen LogP) is 4.89. The first-order valence-electron chi connectivity index (χ1n) is 7.75. The molecular formula is C17H28ClNO. The SMILES string of the molecule is CCCNC(c1ccc(C)c(Cl)c1)C(CCC)OCC. The van der Waals surface area contributed by atoms with E-state index in [9.17, 15) is 0 Å². The maximum Gasteiger partial charge on any atom is 0.0769 e. The maximum absolute atomic E-state index is 6.28. The number of halogens is 1. The molecular weight excluding hydrogens is 270 g/mol. The van der Waals surface area contributed by atoms with Gasteiger partial charge in [-0.05, 0) is 50.4 Å². The molecule has 2 atom stereocenters. The molecule has 0 aliphatic heterocycles. The van der Waals surface area contributed by atoms with Gasteiger partial charge in [-0.15, -0.1) is 0 Å². The van der Waals surface area contributed by atoms with E-state index in [2.05, 4.69) is 44.3 Å². The lowest BCUT2D eigenvalue weighted by Gasteiger charge is -2.28. The van der Waals surface area contributed by atoms with Crippen LogP contribution in [0, 0.1) is 6.92 Å². The van der Waals surface area contributed by atoms with Crippen molar-refractivity contribution in [2.45, 2.75) is 59.1 Å². The average Bonchev–Trinajstić information content (AvgIpc) is 2.43. The zero-order valence-corrected chi connectivity index (χ0v) is 14.0. The van der Waals surface area contributed by atoms with Crippen LogP contribution in [0.25, 0.3) is 0 Å². The molecule has 20 heavy (non-hydrogen) atoms. The molecule has 1 aromatic rings. The van der Waals surface area contributed by atoms with E-state index in [0.29, 0.717) is 0 Å². The number of aryl methyl sites for hydroxylation is 1. The zero-order chi connectivity index (χ0) is 15.0. The molecule has 0 spiro atoms. The van der Waals surface area contributed by atoms with Gasteiger partial charge in [0.1, 0.15) is 0 Å². The maximum atomic E-state index is 6.28. The van der Waals surface area contributed by atoms with E-state index in [0.717, 1.165) is 43.0 Å². The summed E-state index contributed by atoms with van der Waals surface area (Å²) in [6, 6.07) is 6.54. The second-order valence-electron chi connectivity index (χ2n) is 5.22. The fourth-order valence-electron chi connectivity index (χ4n) is 2.41. The summed E-state index contributed by atoms with van der Waals surface area (Å²) in [5, 5.41) is 4.45. The highest BCUT2D eigenvalue weighted by molar-refractivity contribution is 6.31. The highest BCUT2D eigenvalue weighted by Crippen LogP contribution is 2.27. The quantitative estimate of drug-likeness (QED) is 0.700. The third-order valence-corrected chi connectivity index (χ3v) is 3.90. The van der Waals surface area contributed by atoms with Crippen molar-refractivity contribution in [2.75, 3.05) is 13.2 Å². The largest absolute Gasteiger partial charge is 0.377 e. The Kier molecular flexibility index (Phi) is 8.20. The van der Waals surface area contributed by atoms with Crippen molar-refractivity contribution in [1.82, 2.24) is 5.32 Å². The molecule has 1 N–H and O–H groups in total. The van der Waals surface area contributed by atoms with E-state index in [1.54, 1.807) is 0 Å². The summed E-state index contributed by atoms with van der Waals surface area (Å²) in [5.74, 6) is 0. The molecule has 0 saturated heterocycles. The normalized spacial score (nSPS) is 14.2. The van der Waals surface area contributed by atoms with Crippen LogP contribution in [0.15, 0.2) is 18.2 Å². The molecule has 0 aromatic heterocycles. The van der Waals surface area contributed by atoms with Gasteiger partial charge >= 0.3 is 0 Å². The lowest BCUT2D eigenvalue weighted by Crippen LogP contribution is -2.34. The van der Waals surface area contributed by atoms with Crippen LogP contribution < -0.4 is 5.32 Å². The Morgan fingerprint density at radius 2 is 1.95 bits per heavy atom. The van der Waals surface area contributed by atoms with Gasteiger partial charge in [-0.1, -0.05) is 44.0 Å². The first-order valence-corrected chi connectivity index (χ1v) is 8.12. The topological polar surface area (TPSA) is 21.3 Å². The molecule has 114 valence electrons. The third kappa shape index (κ3) is 5.08. The smallest absolute Gasteiger partial charge is 0.0769 e. The minimum atomic E-state index is 0.204. The van der Waals surface area contributed by atoms with E-state index >= 15 is 0 Å². The first kappa shape index (κ1) is 17.5. The molecule has 3 heteroatoms. The van der Waals surface area contributed by atoms with Crippen LogP contribution in [0.3, 0.4) is 0 Å². The van der Waals surface area contributed by atoms with E-state index in [4.69, 9.17) is 16.3 Å². The van der Waals surface area contributed by atoms with Crippen molar-refractivity contribution in [3.05, 3.63) is 34.3 Å². The van der Waals surface area contributed by atoms with Crippen molar-refractivity contribution in [3.63, 3.8) is 0 Å². The Hall–Kier alpha value is -0.570. The Bertz CT molecular complexity index is 389. The Morgan fingerprint density at radius 1 is 1.20 bits per heavy atom. The summed E-state index contributed by atoms with van der Waals surface area (Å²) in [7, 11) is 0. The molecule has 2 nitrogen and oxygen atoms in total. The number of hydrogen-bond acceptors (Lipinski definition) is 2. The monoisotopic (exact) mass is 297 g/mol. The second-order valence-corrected chi connectivity index (χ2v) is 5.63. The summed E-state index contributed by atoms with van der Waals surface area (Å²) in [5.41, 5.74) is 2.34. The van der Waals surface area contributed by atoms with Gasteiger partial charge in [-0.3, -0.25) is 0 Å². The fourth-order valence-corrected chi connectivity index (χ4v) is 2.60. The van der Waals surface area contributed by atoms with Crippen molar-refractivity contribution in [2.24, 2.45) is 0 Å². The van der Waals surface area contributed by atoms with Gasteiger partial charge in [0.25, 0.3) is 0 Å². The van der Waals surface area contributed by atoms with E-state index in [1.807, 2.05) is 6.92 Å². The van der Waals surface area contributed by atoms with Crippen LogP contribution in [0.4, 0.5) is 0 Å². The number of hydrogen-bond donors (Lipinski definition) is 1. The standard InChI is InChI=1S/C17H28ClNO/c1-5-8-16(20-7-3)17(19-11-6-2)14-10-9-13(4)15(18)12-14/h9-10,12,16-17,19H,5-8,11H2,1-4H3. The van der Waals surface area contributed by atoms with E-state index in [-0.39, 0.29) is 12.1 Å². The zero-order valence-electron chi connectivity index (χ0n) is 13.2. The second kappa shape index (κ2) is 9.38. The summed E-state index contributed by atoms with van der Waals surface area (Å²) in [6.45, 7) is 10.2. The highest BCUT2D eigenvalue weighted by atomic mass is 35.5. The number of nitrogens with one attached hydrogen (secondary N) is 1. The van der Waals surface area contributed by atoms with Crippen molar-refractivity contribution >= 4 is 11.6 Å². The van der Waals surface area contributed by atoms with Gasteiger partial charge in [0.05, 0.1) is 12.1 Å². The van der Waals surface area contributed by atoms with Crippen LogP contribution in [0.2, 0.25) is 5.02 Å². The lowest BCUT2D eigenvalue weighted by atomic mass is 9.97. The van der Waals surface area contributed by atoms with Crippen LogP contribution in [-0.4, -0.2) is 19.3 Å². The van der Waals surface area contributed by atoms with Crippen LogP contribution in [-0.2, 0) is 4.74 Å². The molecule has 0 fully saturated rings. The lowest BCUT2D eigenvalue weighted by molar-refractivity contribution is 0.0276. The summed E-state index contributed by atoms with van der Waals surface area (Å²) in [6.07, 6.45) is 3.49. The molecule has 0 amide bonds. The summed E-state index contributed by atoms with van der Waals surface area (Å²) < 4.78 is 5.96. The van der Waals surface area contributed by atoms with E-state index < -0.39 is 0 Å². The molecule has 0 bridgehead atoms. The van der Waals surface area contributed by atoms with Crippen molar-refractivity contribution in [3.8, 4) is 0 Å². The van der Waals surface area contributed by atoms with Gasteiger partial charge in [-0.25, -0.2) is 0 Å². The molecule has 1 aromatic carbocycles. The predicted molar refractivity (Wildman–Crippen MR) is 87.5 cm³/mol. The summed E-state index contributed by atoms with van der Waals surface area (Å²) in [4.78, 5) is 0. The van der Waals surface area contributed by atoms with Gasteiger partial charge in [0.2, 0.25) is 0 Å². The Morgan fingerprint density at radius 3 is 2.50 bits per heavy atom. The number of ether oxygens (including phenoxy) is 1. The third-order valence-electron chi connectivity index (χ3n) is 3.49. The molecule has 1 rings (SSSR count). The fraction of sp³-hybridized carbons (Fsp3) is 0.647. The van der Waals surface area contributed by atoms with Crippen LogP contribution in [0.1, 0.15) is 57.2 Å². The average molecular weight is 298 g/mol. The van der Waals surface area contributed by atoms with E-state index in [1.165, 1.54) is 5.56 Å². The van der Waals surface area contributed by atoms with Gasteiger partial charge in [0, 0.05) is 11.6 Å². The summed E-state index contributed by atoms with van der Waals surface area (Å²) >= 11 is 6.28. The van der Waals surface area contributed by atoms with Crippen molar-refractivity contribution in [1.29, 1.82) is 0 Å². The molecule has 0 radical (unpaired) electrons. The molecule has 0 heterocycles. The Labute approximate surface area is 128 Å². The first-order chi connectivity index (χ1) is 9.63. The molecule has 0 aliphatic carbocycles. The minimum absolute atomic E-state index is 0.204.